The number of ketones is 1. The molecule has 4 aliphatic carbocycles. The van der Waals surface area contributed by atoms with Gasteiger partial charge in [-0.3, -0.25) is 4.79 Å². The van der Waals surface area contributed by atoms with Gasteiger partial charge in [-0.25, -0.2) is 9.59 Å². The second kappa shape index (κ2) is 12.5. The van der Waals surface area contributed by atoms with E-state index in [0.717, 1.165) is 12.8 Å². The molecule has 0 unspecified atom stereocenters. The number of esters is 2. The van der Waals surface area contributed by atoms with Crippen LogP contribution >= 0.6 is 0 Å². The largest absolute Gasteiger partial charge is 0.462 e. The molecule has 4 rings (SSSR count). The molecule has 8 nitrogen and oxygen atoms in total. The summed E-state index contributed by atoms with van der Waals surface area (Å²) in [4.78, 5) is 40.0. The van der Waals surface area contributed by atoms with E-state index in [4.69, 9.17) is 9.47 Å². The number of ether oxygens (including phenoxy) is 2. The van der Waals surface area contributed by atoms with Crippen molar-refractivity contribution < 1.29 is 39.2 Å². The average Bonchev–Trinajstić information content (AvgIpc) is 3.52. The molecule has 43 heavy (non-hydrogen) atoms. The molecule has 9 atom stereocenters. The average molecular weight is 595 g/mol. The molecular formula is C35H46O8. The standard InChI is InChI=1S/C35H46O8/c1-7-9-10-11-12-13-14-15-27(37)42-20-33(6)26-16-23(5)34-18-22(4)31(43-32(40)21(3)8-2)35(34,41)29(38)24(19-36)17-25(28(26)33)30(34)39/h8,10-15,17-18,23,25-26,28-29,31,36,38,41H,7,9,16,19-20H2,1-6H3/b11-10-,13-12+,15-14-,21-8-/t23-,25+,26-,28+,29-,31+,33-,34+,35+/m1/s1. The molecule has 0 saturated heterocycles. The zero-order valence-corrected chi connectivity index (χ0v) is 26.1. The number of fused-ring (bicyclic) bond motifs is 3. The van der Waals surface area contributed by atoms with Crippen molar-refractivity contribution in [2.45, 2.75) is 78.6 Å². The Labute approximate surface area is 254 Å². The van der Waals surface area contributed by atoms with Crippen molar-refractivity contribution in [1.29, 1.82) is 0 Å². The molecule has 0 aromatic carbocycles. The molecule has 2 bridgehead atoms. The Kier molecular flexibility index (Phi) is 9.55. The molecule has 8 heteroatoms. The minimum Gasteiger partial charge on any atom is -0.462 e. The number of allylic oxidation sites excluding steroid dienone is 7. The Hall–Kier alpha value is -3.07. The third-order valence-electron chi connectivity index (χ3n) is 10.4. The molecule has 3 N–H and O–H groups in total. The second-order valence-corrected chi connectivity index (χ2v) is 12.9. The van der Waals surface area contributed by atoms with Gasteiger partial charge in [-0.15, -0.1) is 0 Å². The number of unbranched alkanes of at least 4 members (excludes halogenated alkanes) is 1. The number of carbonyl (C=O) groups excluding carboxylic acids is 3. The predicted molar refractivity (Wildman–Crippen MR) is 162 cm³/mol. The number of hydrogen-bond acceptors (Lipinski definition) is 8. The summed E-state index contributed by atoms with van der Waals surface area (Å²) in [7, 11) is 0. The number of aliphatic hydroxyl groups is 3. The van der Waals surface area contributed by atoms with E-state index in [9.17, 15) is 29.7 Å². The highest BCUT2D eigenvalue weighted by atomic mass is 16.6. The molecule has 0 heterocycles. The van der Waals surface area contributed by atoms with E-state index in [1.54, 1.807) is 51.2 Å². The lowest BCUT2D eigenvalue weighted by atomic mass is 9.59. The normalized spacial score (nSPS) is 38.8. The highest BCUT2D eigenvalue weighted by molar-refractivity contribution is 5.96. The van der Waals surface area contributed by atoms with Crippen LogP contribution in [0.3, 0.4) is 0 Å². The molecule has 0 amide bonds. The molecule has 0 aliphatic heterocycles. The van der Waals surface area contributed by atoms with Gasteiger partial charge in [0.05, 0.1) is 18.6 Å². The number of hydrogen-bond donors (Lipinski definition) is 3. The third kappa shape index (κ3) is 5.32. The molecule has 1 spiro atoms. The van der Waals surface area contributed by atoms with Gasteiger partial charge in [-0.1, -0.05) is 75.8 Å². The van der Waals surface area contributed by atoms with Crippen LogP contribution in [0.2, 0.25) is 0 Å². The van der Waals surface area contributed by atoms with Gasteiger partial charge in [0, 0.05) is 23.0 Å². The lowest BCUT2D eigenvalue weighted by Gasteiger charge is -2.48. The van der Waals surface area contributed by atoms with Crippen LogP contribution in [0.4, 0.5) is 0 Å². The minimum atomic E-state index is -2.20. The minimum absolute atomic E-state index is 0.00698. The van der Waals surface area contributed by atoms with Crippen molar-refractivity contribution in [3.05, 3.63) is 71.4 Å². The van der Waals surface area contributed by atoms with Gasteiger partial charge in [0.15, 0.2) is 17.5 Å². The lowest BCUT2D eigenvalue weighted by Crippen LogP contribution is -2.65. The summed E-state index contributed by atoms with van der Waals surface area (Å²) in [5.41, 5.74) is -3.34. The van der Waals surface area contributed by atoms with Crippen LogP contribution in [0.1, 0.15) is 60.8 Å². The van der Waals surface area contributed by atoms with Crippen LogP contribution in [0.25, 0.3) is 0 Å². The van der Waals surface area contributed by atoms with E-state index < -0.39 is 59.0 Å². The first-order valence-corrected chi connectivity index (χ1v) is 15.3. The van der Waals surface area contributed by atoms with Gasteiger partial charge >= 0.3 is 11.9 Å². The first-order valence-electron chi connectivity index (χ1n) is 15.3. The first-order chi connectivity index (χ1) is 20.3. The summed E-state index contributed by atoms with van der Waals surface area (Å²) in [5.74, 6) is -2.84. The van der Waals surface area contributed by atoms with Gasteiger partial charge in [-0.05, 0) is 62.5 Å². The maximum absolute atomic E-state index is 14.6. The summed E-state index contributed by atoms with van der Waals surface area (Å²) in [6.07, 6.45) is 15.1. The van der Waals surface area contributed by atoms with Crippen LogP contribution in [0, 0.1) is 34.5 Å². The summed E-state index contributed by atoms with van der Waals surface area (Å²) in [6, 6.07) is 0. The Morgan fingerprint density at radius 1 is 1.19 bits per heavy atom. The Morgan fingerprint density at radius 3 is 2.53 bits per heavy atom. The summed E-state index contributed by atoms with van der Waals surface area (Å²) in [6.45, 7) is 10.5. The van der Waals surface area contributed by atoms with Crippen molar-refractivity contribution >= 4 is 17.7 Å². The summed E-state index contributed by atoms with van der Waals surface area (Å²) >= 11 is 0. The monoisotopic (exact) mass is 594 g/mol. The molecule has 0 aromatic rings. The smallest absolute Gasteiger partial charge is 0.334 e. The van der Waals surface area contributed by atoms with Crippen molar-refractivity contribution in [3.8, 4) is 0 Å². The topological polar surface area (TPSA) is 130 Å². The first kappa shape index (κ1) is 32.8. The summed E-state index contributed by atoms with van der Waals surface area (Å²) < 4.78 is 11.4. The van der Waals surface area contributed by atoms with E-state index in [2.05, 4.69) is 13.0 Å². The zero-order valence-electron chi connectivity index (χ0n) is 26.1. The van der Waals surface area contributed by atoms with Crippen molar-refractivity contribution in [2.24, 2.45) is 34.5 Å². The van der Waals surface area contributed by atoms with Crippen LogP contribution < -0.4 is 0 Å². The highest BCUT2D eigenvalue weighted by Gasteiger charge is 2.77. The van der Waals surface area contributed by atoms with Crippen LogP contribution in [-0.2, 0) is 23.9 Å². The van der Waals surface area contributed by atoms with Gasteiger partial charge < -0.3 is 24.8 Å². The number of rotatable bonds is 10. The maximum Gasteiger partial charge on any atom is 0.334 e. The van der Waals surface area contributed by atoms with Crippen molar-refractivity contribution in [2.75, 3.05) is 13.2 Å². The van der Waals surface area contributed by atoms with Crippen LogP contribution in [0.15, 0.2) is 71.4 Å². The third-order valence-corrected chi connectivity index (χ3v) is 10.4. The van der Waals surface area contributed by atoms with E-state index in [1.165, 1.54) is 6.08 Å². The fraction of sp³-hybridized carbons (Fsp3) is 0.571. The SMILES string of the molecule is C/C=C(/C)C(=O)O[C@H]1C(C)=C[C@]23C(=O)[C@@H](C=C(CO)[C@@H](O)[C@]12O)[C@H]1[C@@H](C[C@H]3C)[C@@]1(C)COC(=O)\C=C/C=C/C=C\CCC. The molecular weight excluding hydrogens is 548 g/mol. The van der Waals surface area contributed by atoms with Gasteiger partial charge in [0.2, 0.25) is 0 Å². The predicted octanol–water partition coefficient (Wildman–Crippen LogP) is 4.32. The van der Waals surface area contributed by atoms with E-state index in [0.29, 0.717) is 17.6 Å². The lowest BCUT2D eigenvalue weighted by molar-refractivity contribution is -0.201. The molecule has 0 aromatic heterocycles. The summed E-state index contributed by atoms with van der Waals surface area (Å²) in [5, 5.41) is 34.5. The Balaban J connectivity index is 1.61. The van der Waals surface area contributed by atoms with Crippen LogP contribution in [-0.4, -0.2) is 64.1 Å². The van der Waals surface area contributed by atoms with Gasteiger partial charge in [0.25, 0.3) is 0 Å². The van der Waals surface area contributed by atoms with Crippen molar-refractivity contribution in [1.82, 2.24) is 0 Å². The molecule has 234 valence electrons. The Morgan fingerprint density at radius 2 is 1.88 bits per heavy atom. The molecule has 4 aliphatic rings. The Bertz CT molecular complexity index is 1320. The maximum atomic E-state index is 14.6. The van der Waals surface area contributed by atoms with Gasteiger partial charge in [0.1, 0.15) is 6.10 Å². The second-order valence-electron chi connectivity index (χ2n) is 12.9. The van der Waals surface area contributed by atoms with Crippen LogP contribution in [0.5, 0.6) is 0 Å². The van der Waals surface area contributed by atoms with Crippen molar-refractivity contribution in [3.63, 3.8) is 0 Å². The van der Waals surface area contributed by atoms with E-state index >= 15 is 0 Å². The van der Waals surface area contributed by atoms with E-state index in [1.807, 2.05) is 26.0 Å². The van der Waals surface area contributed by atoms with E-state index in [-0.39, 0.29) is 29.8 Å². The number of Topliss-reactive ketones (excluding diaryl/α,β-unsaturated/α-hetero) is 1. The molecule has 0 radical (unpaired) electrons. The molecule has 2 fully saturated rings. The zero-order chi connectivity index (χ0) is 31.7. The highest BCUT2D eigenvalue weighted by Crippen LogP contribution is 2.72. The quantitative estimate of drug-likeness (QED) is 0.148. The number of carbonyl (C=O) groups is 3. The van der Waals surface area contributed by atoms with Gasteiger partial charge in [-0.2, -0.15) is 0 Å². The fourth-order valence-electron chi connectivity index (χ4n) is 7.82. The molecule has 2 saturated carbocycles. The number of aliphatic hydroxyl groups excluding tert-OH is 2. The fourth-order valence-corrected chi connectivity index (χ4v) is 7.82.